The largest absolute Gasteiger partial charge is 0.436 e. The van der Waals surface area contributed by atoms with Crippen molar-refractivity contribution in [2.24, 2.45) is 0 Å². The Kier molecular flexibility index (Phi) is 6.38. The van der Waals surface area contributed by atoms with E-state index in [2.05, 4.69) is 15.5 Å². The first kappa shape index (κ1) is 23.1. The lowest BCUT2D eigenvalue weighted by atomic mass is 10.2. The molecule has 0 radical (unpaired) electrons. The molecule has 0 aliphatic heterocycles. The third kappa shape index (κ3) is 4.72. The molecule has 0 bridgehead atoms. The number of amides is 1. The van der Waals surface area contributed by atoms with Crippen LogP contribution in [0.1, 0.15) is 41.3 Å². The highest BCUT2D eigenvalue weighted by Crippen LogP contribution is 2.36. The fourth-order valence-electron chi connectivity index (χ4n) is 3.24. The summed E-state index contributed by atoms with van der Waals surface area (Å²) >= 11 is 11.8. The molecule has 0 saturated carbocycles. The van der Waals surface area contributed by atoms with Crippen LogP contribution < -0.4 is 5.32 Å². The van der Waals surface area contributed by atoms with Crippen LogP contribution in [-0.4, -0.2) is 25.5 Å². The Balaban J connectivity index is 1.83. The van der Waals surface area contributed by atoms with Crippen LogP contribution in [0.5, 0.6) is 0 Å². The molecule has 0 aliphatic rings. The lowest BCUT2D eigenvalue weighted by Gasteiger charge is -2.15. The Bertz CT molecular complexity index is 1140. The number of rotatable bonds is 5. The van der Waals surface area contributed by atoms with Crippen molar-refractivity contribution in [2.75, 3.05) is 5.32 Å². The van der Waals surface area contributed by atoms with Crippen molar-refractivity contribution in [1.29, 1.82) is 0 Å². The van der Waals surface area contributed by atoms with E-state index in [1.165, 1.54) is 13.8 Å². The van der Waals surface area contributed by atoms with Gasteiger partial charge >= 0.3 is 6.18 Å². The van der Waals surface area contributed by atoms with Crippen molar-refractivity contribution in [2.45, 2.75) is 46.5 Å². The average Bonchev–Trinajstić information content (AvgIpc) is 3.12. The van der Waals surface area contributed by atoms with Gasteiger partial charge in [-0.1, -0.05) is 35.3 Å². The van der Waals surface area contributed by atoms with E-state index in [4.69, 9.17) is 23.2 Å². The second-order valence-corrected chi connectivity index (χ2v) is 8.00. The molecule has 1 amide bonds. The summed E-state index contributed by atoms with van der Waals surface area (Å²) in [6.07, 6.45) is -4.71. The van der Waals surface area contributed by atoms with Crippen LogP contribution in [0.25, 0.3) is 0 Å². The van der Waals surface area contributed by atoms with Crippen LogP contribution in [-0.2, 0) is 17.5 Å². The second-order valence-electron chi connectivity index (χ2n) is 7.19. The highest BCUT2D eigenvalue weighted by Gasteiger charge is 2.39. The quantitative estimate of drug-likeness (QED) is 0.525. The average molecular weight is 474 g/mol. The summed E-state index contributed by atoms with van der Waals surface area (Å²) < 4.78 is 42.0. The number of carbonyl (C=O) groups is 1. The Morgan fingerprint density at radius 1 is 1.16 bits per heavy atom. The fourth-order valence-corrected chi connectivity index (χ4v) is 3.68. The Labute approximate surface area is 186 Å². The predicted octanol–water partition coefficient (Wildman–Crippen LogP) is 5.58. The topological polar surface area (TPSA) is 64.7 Å². The second kappa shape index (κ2) is 8.55. The SMILES string of the molecule is Cc1nn(Cc2cccc(Cl)c2)c(C)c1NC(=O)C(C)n1nc(C(F)(F)F)c(Cl)c1C. The Morgan fingerprint density at radius 2 is 1.84 bits per heavy atom. The summed E-state index contributed by atoms with van der Waals surface area (Å²) in [5, 5.41) is 10.8. The molecule has 1 aromatic carbocycles. The van der Waals surface area contributed by atoms with Crippen LogP contribution in [0.4, 0.5) is 18.9 Å². The minimum Gasteiger partial charge on any atom is -0.321 e. The molecular weight excluding hydrogens is 454 g/mol. The fraction of sp³-hybridized carbons (Fsp3) is 0.350. The molecule has 2 aromatic heterocycles. The van der Waals surface area contributed by atoms with Crippen LogP contribution in [0.3, 0.4) is 0 Å². The van der Waals surface area contributed by atoms with E-state index in [0.717, 1.165) is 10.2 Å². The molecular formula is C20H20Cl2F3N5O. The van der Waals surface area contributed by atoms with Gasteiger partial charge in [-0.3, -0.25) is 14.2 Å². The van der Waals surface area contributed by atoms with Gasteiger partial charge in [-0.25, -0.2) is 0 Å². The number of halogens is 5. The van der Waals surface area contributed by atoms with Gasteiger partial charge in [0.1, 0.15) is 6.04 Å². The number of nitrogens with zero attached hydrogens (tertiary/aromatic N) is 4. The summed E-state index contributed by atoms with van der Waals surface area (Å²) in [4.78, 5) is 12.8. The van der Waals surface area contributed by atoms with Gasteiger partial charge in [0.05, 0.1) is 34.3 Å². The number of carbonyl (C=O) groups excluding carboxylic acids is 1. The highest BCUT2D eigenvalue weighted by atomic mass is 35.5. The van der Waals surface area contributed by atoms with E-state index in [9.17, 15) is 18.0 Å². The first-order valence-corrected chi connectivity index (χ1v) is 10.1. The van der Waals surface area contributed by atoms with Gasteiger partial charge in [-0.05, 0) is 45.4 Å². The Hall–Kier alpha value is -2.52. The number of anilines is 1. The monoisotopic (exact) mass is 473 g/mol. The van der Waals surface area contributed by atoms with Gasteiger partial charge in [-0.15, -0.1) is 0 Å². The number of aromatic nitrogens is 4. The van der Waals surface area contributed by atoms with Crippen LogP contribution in [0.2, 0.25) is 10.0 Å². The molecule has 1 N–H and O–H groups in total. The molecule has 3 rings (SSSR count). The van der Waals surface area contributed by atoms with Gasteiger partial charge in [0.2, 0.25) is 5.91 Å². The van der Waals surface area contributed by atoms with Crippen LogP contribution >= 0.6 is 23.2 Å². The van der Waals surface area contributed by atoms with Gasteiger partial charge in [-0.2, -0.15) is 23.4 Å². The van der Waals surface area contributed by atoms with Crippen molar-refractivity contribution in [3.05, 3.63) is 62.6 Å². The summed E-state index contributed by atoms with van der Waals surface area (Å²) in [7, 11) is 0. The summed E-state index contributed by atoms with van der Waals surface area (Å²) in [6.45, 7) is 6.81. The van der Waals surface area contributed by atoms with Crippen molar-refractivity contribution in [3.63, 3.8) is 0 Å². The summed E-state index contributed by atoms with van der Waals surface area (Å²) in [5.41, 5.74) is 1.54. The van der Waals surface area contributed by atoms with Crippen molar-refractivity contribution in [3.8, 4) is 0 Å². The highest BCUT2D eigenvalue weighted by molar-refractivity contribution is 6.32. The first-order valence-electron chi connectivity index (χ1n) is 9.31. The molecule has 6 nitrogen and oxygen atoms in total. The molecule has 11 heteroatoms. The smallest absolute Gasteiger partial charge is 0.321 e. The van der Waals surface area contributed by atoms with E-state index in [1.807, 2.05) is 18.2 Å². The van der Waals surface area contributed by atoms with Gasteiger partial charge < -0.3 is 5.32 Å². The standard InChI is InChI=1S/C20H20Cl2F3N5O/c1-10-17(12(3)29(27-10)9-14-6-5-7-15(21)8-14)26-19(31)13(4)30-11(2)16(22)18(28-30)20(23,24)25/h5-8,13H,9H2,1-4H3,(H,26,31). The molecule has 2 heterocycles. The van der Waals surface area contributed by atoms with Gasteiger partial charge in [0.15, 0.2) is 5.69 Å². The van der Waals surface area contributed by atoms with Gasteiger partial charge in [0.25, 0.3) is 0 Å². The number of benzene rings is 1. The summed E-state index contributed by atoms with van der Waals surface area (Å²) in [6, 6.07) is 6.31. The predicted molar refractivity (Wildman–Crippen MR) is 113 cm³/mol. The van der Waals surface area contributed by atoms with E-state index in [1.54, 1.807) is 24.6 Å². The molecule has 0 fully saturated rings. The third-order valence-corrected chi connectivity index (χ3v) is 5.63. The summed E-state index contributed by atoms with van der Waals surface area (Å²) in [5.74, 6) is -0.538. The molecule has 0 aliphatic carbocycles. The maximum atomic E-state index is 13.1. The van der Waals surface area contributed by atoms with Crippen LogP contribution in [0.15, 0.2) is 24.3 Å². The molecule has 166 valence electrons. The normalized spacial score (nSPS) is 12.8. The zero-order valence-electron chi connectivity index (χ0n) is 17.2. The number of nitrogens with one attached hydrogen (secondary N) is 1. The van der Waals surface area contributed by atoms with Crippen molar-refractivity contribution >= 4 is 34.8 Å². The molecule has 31 heavy (non-hydrogen) atoms. The number of aryl methyl sites for hydroxylation is 1. The maximum absolute atomic E-state index is 13.1. The van der Waals surface area contributed by atoms with Crippen molar-refractivity contribution < 1.29 is 18.0 Å². The minimum absolute atomic E-state index is 0.0572. The zero-order valence-corrected chi connectivity index (χ0v) is 18.7. The lowest BCUT2D eigenvalue weighted by Crippen LogP contribution is -2.26. The number of hydrogen-bond acceptors (Lipinski definition) is 3. The van der Waals surface area contributed by atoms with E-state index in [0.29, 0.717) is 28.6 Å². The molecule has 0 spiro atoms. The Morgan fingerprint density at radius 3 is 2.42 bits per heavy atom. The molecule has 3 aromatic rings. The maximum Gasteiger partial charge on any atom is 0.436 e. The lowest BCUT2D eigenvalue weighted by molar-refractivity contribution is -0.141. The number of alkyl halides is 3. The molecule has 1 unspecified atom stereocenters. The molecule has 1 atom stereocenters. The first-order chi connectivity index (χ1) is 14.4. The van der Waals surface area contributed by atoms with E-state index in [-0.39, 0.29) is 5.69 Å². The third-order valence-electron chi connectivity index (χ3n) is 4.94. The molecule has 0 saturated heterocycles. The van der Waals surface area contributed by atoms with Crippen LogP contribution in [0, 0.1) is 20.8 Å². The van der Waals surface area contributed by atoms with E-state index >= 15 is 0 Å². The number of hydrogen-bond donors (Lipinski definition) is 1. The minimum atomic E-state index is -4.71. The zero-order chi connectivity index (χ0) is 23.1. The van der Waals surface area contributed by atoms with E-state index < -0.39 is 28.8 Å². The van der Waals surface area contributed by atoms with Gasteiger partial charge in [0, 0.05) is 5.02 Å². The van der Waals surface area contributed by atoms with Crippen molar-refractivity contribution in [1.82, 2.24) is 19.6 Å².